The van der Waals surface area contributed by atoms with Crippen molar-refractivity contribution in [1.29, 1.82) is 0 Å². The van der Waals surface area contributed by atoms with Crippen LogP contribution in [0.5, 0.6) is 0 Å². The number of carbonyl (C=O) groups is 1. The highest BCUT2D eigenvalue weighted by Crippen LogP contribution is 2.42. The number of amides is 1. The van der Waals surface area contributed by atoms with Crippen LogP contribution in [0.25, 0.3) is 10.1 Å². The molecule has 2 aliphatic heterocycles. The Hall–Kier alpha value is -2.26. The number of hydrogen-bond acceptors (Lipinski definition) is 7. The maximum Gasteiger partial charge on any atom is 0.277 e. The van der Waals surface area contributed by atoms with Gasteiger partial charge in [-0.2, -0.15) is 0 Å². The normalized spacial score (nSPS) is 17.7. The van der Waals surface area contributed by atoms with Gasteiger partial charge >= 0.3 is 0 Å². The summed E-state index contributed by atoms with van der Waals surface area (Å²) < 4.78 is 1.35. The highest BCUT2D eigenvalue weighted by atomic mass is 35.5. The quantitative estimate of drug-likeness (QED) is 0.501. The van der Waals surface area contributed by atoms with Gasteiger partial charge in [0.25, 0.3) is 5.91 Å². The van der Waals surface area contributed by atoms with Crippen molar-refractivity contribution in [3.05, 3.63) is 53.2 Å². The number of benzene rings is 1. The van der Waals surface area contributed by atoms with E-state index in [1.807, 2.05) is 11.3 Å². The minimum atomic E-state index is -0.600. The van der Waals surface area contributed by atoms with E-state index in [1.165, 1.54) is 28.0 Å². The third-order valence-corrected chi connectivity index (χ3v) is 6.42. The molecule has 5 rings (SSSR count). The first kappa shape index (κ1) is 19.1. The molecule has 2 N–H and O–H groups in total. The molecule has 0 unspecified atom stereocenters. The van der Waals surface area contributed by atoms with E-state index in [0.29, 0.717) is 11.4 Å². The van der Waals surface area contributed by atoms with Gasteiger partial charge in [-0.1, -0.05) is 18.2 Å². The molecule has 2 saturated heterocycles. The van der Waals surface area contributed by atoms with E-state index in [4.69, 9.17) is 5.21 Å². The van der Waals surface area contributed by atoms with Crippen LogP contribution in [0.1, 0.15) is 15.9 Å². The van der Waals surface area contributed by atoms with Gasteiger partial charge in [-0.05, 0) is 22.4 Å². The minimum absolute atomic E-state index is 0. The molecule has 1 spiro atoms. The molecule has 2 fully saturated rings. The molecular formula is C19H20ClN5O2S. The fourth-order valence-corrected chi connectivity index (χ4v) is 5.14. The summed E-state index contributed by atoms with van der Waals surface area (Å²) in [5.74, 6) is 0.0367. The first-order valence-electron chi connectivity index (χ1n) is 8.85. The number of hydrogen-bond donors (Lipinski definition) is 2. The van der Waals surface area contributed by atoms with Gasteiger partial charge in [0.05, 0.1) is 5.56 Å². The molecule has 0 radical (unpaired) electrons. The molecule has 1 amide bonds. The van der Waals surface area contributed by atoms with Gasteiger partial charge < -0.3 is 4.90 Å². The molecule has 0 bridgehead atoms. The molecule has 146 valence electrons. The van der Waals surface area contributed by atoms with E-state index in [0.717, 1.165) is 32.7 Å². The summed E-state index contributed by atoms with van der Waals surface area (Å²) in [6.07, 6.45) is 2.88. The number of aromatic nitrogens is 2. The largest absolute Gasteiger partial charge is 0.339 e. The van der Waals surface area contributed by atoms with Gasteiger partial charge in [0.15, 0.2) is 0 Å². The van der Waals surface area contributed by atoms with Crippen molar-refractivity contribution in [3.8, 4) is 0 Å². The zero-order valence-electron chi connectivity index (χ0n) is 15.0. The van der Waals surface area contributed by atoms with Crippen molar-refractivity contribution in [2.45, 2.75) is 6.54 Å². The van der Waals surface area contributed by atoms with Gasteiger partial charge in [0.1, 0.15) is 0 Å². The lowest BCUT2D eigenvalue weighted by Gasteiger charge is -2.60. The van der Waals surface area contributed by atoms with E-state index in [-0.39, 0.29) is 18.0 Å². The van der Waals surface area contributed by atoms with E-state index >= 15 is 0 Å². The van der Waals surface area contributed by atoms with E-state index in [2.05, 4.69) is 49.4 Å². The van der Waals surface area contributed by atoms with Gasteiger partial charge in [-0.25, -0.2) is 15.4 Å². The number of anilines is 1. The molecule has 4 heterocycles. The lowest BCUT2D eigenvalue weighted by atomic mass is 9.73. The number of carbonyl (C=O) groups excluding carboxylic acids is 1. The molecule has 1 aromatic carbocycles. The van der Waals surface area contributed by atoms with Crippen molar-refractivity contribution in [3.63, 3.8) is 0 Å². The predicted molar refractivity (Wildman–Crippen MR) is 110 cm³/mol. The molecule has 7 nitrogen and oxygen atoms in total. The molecule has 0 aliphatic carbocycles. The Morgan fingerprint density at radius 1 is 1.18 bits per heavy atom. The van der Waals surface area contributed by atoms with Crippen LogP contribution in [-0.2, 0) is 6.54 Å². The fraction of sp³-hybridized carbons (Fsp3) is 0.316. The molecule has 3 aromatic rings. The molecule has 0 saturated carbocycles. The number of likely N-dealkylation sites (tertiary alicyclic amines) is 1. The second-order valence-corrected chi connectivity index (χ2v) is 8.38. The summed E-state index contributed by atoms with van der Waals surface area (Å²) in [5, 5.41) is 12.3. The summed E-state index contributed by atoms with van der Waals surface area (Å²) in [6.45, 7) is 5.09. The number of halogens is 1. The average Bonchev–Trinajstić information content (AvgIpc) is 3.05. The van der Waals surface area contributed by atoms with Gasteiger partial charge in [0.2, 0.25) is 5.95 Å². The Balaban J connectivity index is 0.00000192. The maximum absolute atomic E-state index is 11.3. The fourth-order valence-electron chi connectivity index (χ4n) is 4.18. The Bertz CT molecular complexity index is 995. The number of thiophene rings is 1. The van der Waals surface area contributed by atoms with Crippen LogP contribution in [0.2, 0.25) is 0 Å². The number of nitrogens with zero attached hydrogens (tertiary/aromatic N) is 4. The molecule has 28 heavy (non-hydrogen) atoms. The van der Waals surface area contributed by atoms with Crippen LogP contribution < -0.4 is 10.4 Å². The zero-order valence-corrected chi connectivity index (χ0v) is 16.7. The average molecular weight is 418 g/mol. The maximum atomic E-state index is 11.3. The lowest BCUT2D eigenvalue weighted by molar-refractivity contribution is -0.0277. The Morgan fingerprint density at radius 3 is 2.61 bits per heavy atom. The van der Waals surface area contributed by atoms with Crippen LogP contribution in [0, 0.1) is 5.41 Å². The third-order valence-electron chi connectivity index (χ3n) is 5.41. The Labute approximate surface area is 172 Å². The second kappa shape index (κ2) is 7.29. The third kappa shape index (κ3) is 3.22. The standard InChI is InChI=1S/C19H19N5O2S.ClH/c25-17(22-26)13-5-20-18(21-6-13)24-11-19(12-24)9-23(10-19)7-14-8-27-16-4-2-1-3-15(14)16;/h1-6,8,26H,7,9-12H2,(H,22,25);1H. The van der Waals surface area contributed by atoms with Crippen molar-refractivity contribution >= 4 is 45.7 Å². The summed E-state index contributed by atoms with van der Waals surface area (Å²) >= 11 is 1.82. The summed E-state index contributed by atoms with van der Waals surface area (Å²) in [7, 11) is 0. The highest BCUT2D eigenvalue weighted by Gasteiger charge is 2.52. The van der Waals surface area contributed by atoms with Crippen LogP contribution in [0.15, 0.2) is 42.0 Å². The first-order valence-corrected chi connectivity index (χ1v) is 9.73. The number of nitrogens with one attached hydrogen (secondary N) is 1. The summed E-state index contributed by atoms with van der Waals surface area (Å²) in [4.78, 5) is 24.4. The Morgan fingerprint density at radius 2 is 1.89 bits per heavy atom. The van der Waals surface area contributed by atoms with Crippen molar-refractivity contribution in [2.75, 3.05) is 31.1 Å². The summed E-state index contributed by atoms with van der Waals surface area (Å²) in [6, 6.07) is 8.59. The highest BCUT2D eigenvalue weighted by molar-refractivity contribution is 7.17. The molecule has 9 heteroatoms. The SMILES string of the molecule is Cl.O=C(NO)c1cnc(N2CC3(CN(Cc4csc5ccccc45)C3)C2)nc1. The van der Waals surface area contributed by atoms with E-state index in [9.17, 15) is 4.79 Å². The van der Waals surface area contributed by atoms with Crippen LogP contribution in [0.4, 0.5) is 5.95 Å². The van der Waals surface area contributed by atoms with Crippen LogP contribution >= 0.6 is 23.7 Å². The van der Waals surface area contributed by atoms with Crippen molar-refractivity contribution in [1.82, 2.24) is 20.3 Å². The molecule has 2 aliphatic rings. The van der Waals surface area contributed by atoms with Gasteiger partial charge in [-0.3, -0.25) is 14.9 Å². The van der Waals surface area contributed by atoms with Gasteiger partial charge in [0, 0.05) is 55.2 Å². The van der Waals surface area contributed by atoms with Crippen LogP contribution in [0.3, 0.4) is 0 Å². The zero-order chi connectivity index (χ0) is 18.4. The number of fused-ring (bicyclic) bond motifs is 1. The van der Waals surface area contributed by atoms with E-state index in [1.54, 1.807) is 5.48 Å². The topological polar surface area (TPSA) is 81.6 Å². The smallest absolute Gasteiger partial charge is 0.277 e. The Kier molecular flexibility index (Phi) is 4.96. The lowest BCUT2D eigenvalue weighted by Crippen LogP contribution is -2.72. The second-order valence-electron chi connectivity index (χ2n) is 7.47. The number of hydroxylamine groups is 1. The van der Waals surface area contributed by atoms with Crippen LogP contribution in [-0.4, -0.2) is 52.2 Å². The first-order chi connectivity index (χ1) is 13.2. The molecule has 0 atom stereocenters. The van der Waals surface area contributed by atoms with Crippen molar-refractivity contribution < 1.29 is 10.0 Å². The predicted octanol–water partition coefficient (Wildman–Crippen LogP) is 2.55. The monoisotopic (exact) mass is 417 g/mol. The number of rotatable bonds is 4. The molecular weight excluding hydrogens is 398 g/mol. The van der Waals surface area contributed by atoms with E-state index < -0.39 is 5.91 Å². The summed E-state index contributed by atoms with van der Waals surface area (Å²) in [5.41, 5.74) is 3.59. The van der Waals surface area contributed by atoms with Crippen molar-refractivity contribution in [2.24, 2.45) is 5.41 Å². The molecule has 2 aromatic heterocycles. The van der Waals surface area contributed by atoms with Gasteiger partial charge in [-0.15, -0.1) is 23.7 Å². The minimum Gasteiger partial charge on any atom is -0.339 e.